The number of nitrogens with one attached hydrogen (secondary N) is 1. The van der Waals surface area contributed by atoms with Crippen molar-refractivity contribution in [1.82, 2.24) is 5.43 Å². The number of methoxy groups -OCH3 is 3. The van der Waals surface area contributed by atoms with Gasteiger partial charge in [0.25, 0.3) is 5.91 Å². The molecular formula is C38H35BrN2O7. The Kier molecular flexibility index (Phi) is 11.9. The summed E-state index contributed by atoms with van der Waals surface area (Å²) in [4.78, 5) is 12.8. The molecule has 5 rings (SSSR count). The summed E-state index contributed by atoms with van der Waals surface area (Å²) in [5.41, 5.74) is 6.57. The van der Waals surface area contributed by atoms with Crippen LogP contribution in [0.4, 0.5) is 0 Å². The summed E-state index contributed by atoms with van der Waals surface area (Å²) in [5, 5.41) is 4.13. The third-order valence-electron chi connectivity index (χ3n) is 7.14. The number of halogens is 1. The maximum atomic E-state index is 12.8. The van der Waals surface area contributed by atoms with Crippen LogP contribution in [0.5, 0.6) is 34.5 Å². The predicted molar refractivity (Wildman–Crippen MR) is 188 cm³/mol. The average molecular weight is 712 g/mol. The Labute approximate surface area is 288 Å². The molecule has 246 valence electrons. The van der Waals surface area contributed by atoms with E-state index < -0.39 is 5.91 Å². The molecule has 10 heteroatoms. The summed E-state index contributed by atoms with van der Waals surface area (Å²) in [6, 6.07) is 33.9. The van der Waals surface area contributed by atoms with E-state index in [1.165, 1.54) is 13.3 Å². The van der Waals surface area contributed by atoms with Gasteiger partial charge in [0, 0.05) is 5.56 Å². The molecule has 5 aromatic rings. The first-order valence-corrected chi connectivity index (χ1v) is 15.8. The first-order chi connectivity index (χ1) is 23.5. The molecule has 9 nitrogen and oxygen atoms in total. The second-order valence-electron chi connectivity index (χ2n) is 10.4. The molecule has 1 N–H and O–H groups in total. The zero-order chi connectivity index (χ0) is 33.7. The van der Waals surface area contributed by atoms with Gasteiger partial charge in [-0.25, -0.2) is 5.43 Å². The van der Waals surface area contributed by atoms with Gasteiger partial charge < -0.3 is 28.4 Å². The van der Waals surface area contributed by atoms with Gasteiger partial charge >= 0.3 is 0 Å². The molecule has 0 fully saturated rings. The number of hydrogen-bond donors (Lipinski definition) is 1. The van der Waals surface area contributed by atoms with E-state index in [1.807, 2.05) is 84.9 Å². The van der Waals surface area contributed by atoms with Gasteiger partial charge in [0.2, 0.25) is 0 Å². The third-order valence-corrected chi connectivity index (χ3v) is 7.73. The number of nitrogens with zero attached hydrogens (tertiary/aromatic N) is 1. The Bertz CT molecular complexity index is 1850. The lowest BCUT2D eigenvalue weighted by Crippen LogP contribution is -2.17. The molecule has 0 heterocycles. The van der Waals surface area contributed by atoms with E-state index in [1.54, 1.807) is 38.5 Å². The fourth-order valence-corrected chi connectivity index (χ4v) is 5.23. The molecule has 0 aliphatic carbocycles. The minimum Gasteiger partial charge on any atom is -0.493 e. The number of ether oxygens (including phenoxy) is 6. The number of rotatable bonds is 15. The highest BCUT2D eigenvalue weighted by Crippen LogP contribution is 2.37. The summed E-state index contributed by atoms with van der Waals surface area (Å²) in [5.74, 6) is 2.83. The summed E-state index contributed by atoms with van der Waals surface area (Å²) in [6.07, 6.45) is 1.52. The molecule has 0 radical (unpaired) electrons. The SMILES string of the molecule is COc1cc(COc2c(Br)cc(/C=N/NC(=O)c3ccc(OCc4ccccc4)c(OC)c3)cc2OC)ccc1OCc1ccccc1. The van der Waals surface area contributed by atoms with Crippen molar-refractivity contribution in [3.8, 4) is 34.5 Å². The second-order valence-corrected chi connectivity index (χ2v) is 11.3. The number of amides is 1. The standard InChI is InChI=1S/C38H35BrN2O7/c1-43-34-19-28(14-16-32(34)46-23-26-10-6-4-7-11-26)25-48-37-31(39)18-29(20-36(37)45-3)22-40-41-38(42)30-15-17-33(35(21-30)44-2)47-24-27-12-8-5-9-13-27/h4-22H,23-25H2,1-3H3,(H,41,42)/b40-22+. The maximum Gasteiger partial charge on any atom is 0.271 e. The molecule has 0 saturated carbocycles. The van der Waals surface area contributed by atoms with Gasteiger partial charge in [-0.1, -0.05) is 66.7 Å². The lowest BCUT2D eigenvalue weighted by molar-refractivity contribution is 0.0954. The maximum absolute atomic E-state index is 12.8. The van der Waals surface area contributed by atoms with Crippen LogP contribution in [0.15, 0.2) is 119 Å². The monoisotopic (exact) mass is 710 g/mol. The van der Waals surface area contributed by atoms with Crippen molar-refractivity contribution in [2.75, 3.05) is 21.3 Å². The van der Waals surface area contributed by atoms with Gasteiger partial charge in [-0.3, -0.25) is 4.79 Å². The number of carbonyl (C=O) groups is 1. The molecule has 0 atom stereocenters. The van der Waals surface area contributed by atoms with E-state index in [9.17, 15) is 4.79 Å². The highest BCUT2D eigenvalue weighted by Gasteiger charge is 2.14. The highest BCUT2D eigenvalue weighted by atomic mass is 79.9. The van der Waals surface area contributed by atoms with Gasteiger partial charge in [0.05, 0.1) is 32.0 Å². The average Bonchev–Trinajstić information content (AvgIpc) is 3.13. The van der Waals surface area contributed by atoms with E-state index in [0.29, 0.717) is 63.3 Å². The first-order valence-electron chi connectivity index (χ1n) is 15.0. The topological polar surface area (TPSA) is 96.8 Å². The Morgan fingerprint density at radius 2 is 1.19 bits per heavy atom. The molecule has 0 spiro atoms. The molecule has 0 bridgehead atoms. The smallest absolute Gasteiger partial charge is 0.271 e. The summed E-state index contributed by atoms with van der Waals surface area (Å²) in [6.45, 7) is 1.07. The second kappa shape index (κ2) is 16.9. The van der Waals surface area contributed by atoms with Crippen molar-refractivity contribution in [2.24, 2.45) is 5.10 Å². The minimum absolute atomic E-state index is 0.257. The van der Waals surface area contributed by atoms with Crippen molar-refractivity contribution in [3.63, 3.8) is 0 Å². The molecule has 48 heavy (non-hydrogen) atoms. The summed E-state index contributed by atoms with van der Waals surface area (Å²) in [7, 11) is 4.69. The van der Waals surface area contributed by atoms with Gasteiger partial charge in [0.1, 0.15) is 19.8 Å². The van der Waals surface area contributed by atoms with Gasteiger partial charge in [-0.2, -0.15) is 5.10 Å². The Balaban J connectivity index is 1.18. The van der Waals surface area contributed by atoms with Gasteiger partial charge in [0.15, 0.2) is 34.5 Å². The van der Waals surface area contributed by atoms with Crippen LogP contribution in [-0.4, -0.2) is 33.5 Å². The van der Waals surface area contributed by atoms with Gasteiger partial charge in [-0.05, 0) is 80.6 Å². The molecule has 0 unspecified atom stereocenters. The quantitative estimate of drug-likeness (QED) is 0.0870. The first kappa shape index (κ1) is 33.9. The third kappa shape index (κ3) is 9.07. The van der Waals surface area contributed by atoms with E-state index in [4.69, 9.17) is 28.4 Å². The zero-order valence-electron chi connectivity index (χ0n) is 26.8. The molecule has 0 aromatic heterocycles. The largest absolute Gasteiger partial charge is 0.493 e. The molecule has 0 aliphatic rings. The fraction of sp³-hybridized carbons (Fsp3) is 0.158. The molecule has 0 saturated heterocycles. The van der Waals surface area contributed by atoms with E-state index in [2.05, 4.69) is 26.5 Å². The van der Waals surface area contributed by atoms with Crippen molar-refractivity contribution in [3.05, 3.63) is 141 Å². The van der Waals surface area contributed by atoms with E-state index in [-0.39, 0.29) is 6.61 Å². The van der Waals surface area contributed by atoms with Crippen LogP contribution in [0.3, 0.4) is 0 Å². The van der Waals surface area contributed by atoms with Crippen molar-refractivity contribution in [1.29, 1.82) is 0 Å². The number of benzene rings is 5. The van der Waals surface area contributed by atoms with Crippen LogP contribution < -0.4 is 33.8 Å². The van der Waals surface area contributed by atoms with Crippen molar-refractivity contribution in [2.45, 2.75) is 19.8 Å². The van der Waals surface area contributed by atoms with Crippen LogP contribution in [0.2, 0.25) is 0 Å². The van der Waals surface area contributed by atoms with Crippen LogP contribution >= 0.6 is 15.9 Å². The molecule has 1 amide bonds. The Hall–Kier alpha value is -5.48. The Morgan fingerprint density at radius 3 is 1.79 bits per heavy atom. The summed E-state index contributed by atoms with van der Waals surface area (Å²) >= 11 is 3.58. The normalized spacial score (nSPS) is 10.8. The lowest BCUT2D eigenvalue weighted by Gasteiger charge is -2.15. The van der Waals surface area contributed by atoms with Crippen molar-refractivity contribution >= 4 is 28.1 Å². The number of hydrogen-bond acceptors (Lipinski definition) is 8. The van der Waals surface area contributed by atoms with E-state index >= 15 is 0 Å². The molecule has 0 aliphatic heterocycles. The van der Waals surface area contributed by atoms with Crippen LogP contribution in [0.1, 0.15) is 32.6 Å². The van der Waals surface area contributed by atoms with Crippen molar-refractivity contribution < 1.29 is 33.2 Å². The fourth-order valence-electron chi connectivity index (χ4n) is 4.66. The Morgan fingerprint density at radius 1 is 0.625 bits per heavy atom. The molecular weight excluding hydrogens is 676 g/mol. The lowest BCUT2D eigenvalue weighted by atomic mass is 10.2. The number of hydrazone groups is 1. The minimum atomic E-state index is -0.406. The van der Waals surface area contributed by atoms with Crippen LogP contribution in [0.25, 0.3) is 0 Å². The van der Waals surface area contributed by atoms with Crippen LogP contribution in [0, 0.1) is 0 Å². The van der Waals surface area contributed by atoms with E-state index in [0.717, 1.165) is 16.7 Å². The van der Waals surface area contributed by atoms with Crippen LogP contribution in [-0.2, 0) is 19.8 Å². The molecule has 5 aromatic carbocycles. The highest BCUT2D eigenvalue weighted by molar-refractivity contribution is 9.10. The summed E-state index contributed by atoms with van der Waals surface area (Å²) < 4.78 is 35.3. The zero-order valence-corrected chi connectivity index (χ0v) is 28.4. The predicted octanol–water partition coefficient (Wildman–Crippen LogP) is 7.98. The number of carbonyl (C=O) groups excluding carboxylic acids is 1. The van der Waals surface area contributed by atoms with Gasteiger partial charge in [-0.15, -0.1) is 0 Å².